The normalized spacial score (nSPS) is 22.1. The van der Waals surface area contributed by atoms with Crippen LogP contribution in [0.25, 0.3) is 0 Å². The standard InChI is InChI=1S/C12H16ClN3O4/c1-19-7-12(10(17)18)4-3-5-16(12)9-8(13)6-14-11(15-9)20-2/h6H,3-5,7H2,1-2H3,(H,17,18). The number of rotatable bonds is 5. The molecule has 1 aromatic heterocycles. The van der Waals surface area contributed by atoms with E-state index in [-0.39, 0.29) is 17.6 Å². The zero-order valence-electron chi connectivity index (χ0n) is 11.3. The van der Waals surface area contributed by atoms with Gasteiger partial charge in [0.1, 0.15) is 5.02 Å². The van der Waals surface area contributed by atoms with Crippen molar-refractivity contribution in [2.75, 3.05) is 32.3 Å². The number of carbonyl (C=O) groups is 1. The summed E-state index contributed by atoms with van der Waals surface area (Å²) in [6, 6.07) is 0.146. The highest BCUT2D eigenvalue weighted by Crippen LogP contribution is 2.37. The fourth-order valence-corrected chi connectivity index (χ4v) is 2.68. The van der Waals surface area contributed by atoms with Crippen LogP contribution in [0.1, 0.15) is 12.8 Å². The Kier molecular flexibility index (Phi) is 4.29. The fraction of sp³-hybridized carbons (Fsp3) is 0.583. The molecule has 0 radical (unpaired) electrons. The van der Waals surface area contributed by atoms with Crippen molar-refractivity contribution in [3.8, 4) is 6.01 Å². The largest absolute Gasteiger partial charge is 0.479 e. The van der Waals surface area contributed by atoms with Crippen LogP contribution in [0.15, 0.2) is 6.20 Å². The number of anilines is 1. The van der Waals surface area contributed by atoms with E-state index in [9.17, 15) is 9.90 Å². The molecule has 2 rings (SSSR count). The molecule has 0 aliphatic carbocycles. The van der Waals surface area contributed by atoms with Gasteiger partial charge in [0, 0.05) is 13.7 Å². The van der Waals surface area contributed by atoms with Crippen LogP contribution in [0.3, 0.4) is 0 Å². The highest BCUT2D eigenvalue weighted by atomic mass is 35.5. The second kappa shape index (κ2) is 5.80. The van der Waals surface area contributed by atoms with Gasteiger partial charge in [0.05, 0.1) is 19.9 Å². The molecule has 7 nitrogen and oxygen atoms in total. The molecular weight excluding hydrogens is 286 g/mol. The Morgan fingerprint density at radius 1 is 1.60 bits per heavy atom. The van der Waals surface area contributed by atoms with E-state index in [1.807, 2.05) is 0 Å². The predicted molar refractivity (Wildman–Crippen MR) is 72.4 cm³/mol. The number of methoxy groups -OCH3 is 2. The Bertz CT molecular complexity index is 513. The summed E-state index contributed by atoms with van der Waals surface area (Å²) < 4.78 is 10.1. The Morgan fingerprint density at radius 3 is 2.95 bits per heavy atom. The first-order valence-corrected chi connectivity index (χ1v) is 6.49. The molecule has 1 atom stereocenters. The number of halogens is 1. The average Bonchev–Trinajstić information content (AvgIpc) is 2.85. The van der Waals surface area contributed by atoms with E-state index in [0.717, 1.165) is 6.42 Å². The van der Waals surface area contributed by atoms with Crippen LogP contribution in [0.4, 0.5) is 5.82 Å². The zero-order valence-corrected chi connectivity index (χ0v) is 12.1. The topological polar surface area (TPSA) is 84.8 Å². The van der Waals surface area contributed by atoms with Crippen LogP contribution in [0.2, 0.25) is 5.02 Å². The Balaban J connectivity index is 2.46. The molecule has 1 fully saturated rings. The molecule has 2 heterocycles. The molecule has 0 bridgehead atoms. The first-order chi connectivity index (χ1) is 9.55. The maximum absolute atomic E-state index is 11.7. The number of carboxylic acids is 1. The van der Waals surface area contributed by atoms with E-state index in [0.29, 0.717) is 18.8 Å². The maximum Gasteiger partial charge on any atom is 0.332 e. The van der Waals surface area contributed by atoms with Crippen molar-refractivity contribution >= 4 is 23.4 Å². The van der Waals surface area contributed by atoms with Gasteiger partial charge in [-0.05, 0) is 12.8 Å². The van der Waals surface area contributed by atoms with Gasteiger partial charge in [-0.3, -0.25) is 0 Å². The van der Waals surface area contributed by atoms with E-state index < -0.39 is 11.5 Å². The van der Waals surface area contributed by atoms with Gasteiger partial charge in [-0.25, -0.2) is 9.78 Å². The monoisotopic (exact) mass is 301 g/mol. The average molecular weight is 302 g/mol. The molecule has 110 valence electrons. The lowest BCUT2D eigenvalue weighted by Gasteiger charge is -2.35. The third-order valence-electron chi connectivity index (χ3n) is 3.41. The Labute approximate surface area is 121 Å². The minimum atomic E-state index is -1.16. The quantitative estimate of drug-likeness (QED) is 0.875. The summed E-state index contributed by atoms with van der Waals surface area (Å²) in [7, 11) is 2.92. The number of carboxylic acid groups (broad SMARTS) is 1. The van der Waals surface area contributed by atoms with Crippen LogP contribution in [-0.4, -0.2) is 54.0 Å². The van der Waals surface area contributed by atoms with Crippen molar-refractivity contribution in [1.29, 1.82) is 0 Å². The number of aliphatic carboxylic acids is 1. The van der Waals surface area contributed by atoms with Crippen molar-refractivity contribution < 1.29 is 19.4 Å². The van der Waals surface area contributed by atoms with Crippen molar-refractivity contribution in [3.05, 3.63) is 11.2 Å². The molecular formula is C12H16ClN3O4. The van der Waals surface area contributed by atoms with Crippen LogP contribution < -0.4 is 9.64 Å². The van der Waals surface area contributed by atoms with Crippen LogP contribution >= 0.6 is 11.6 Å². The first-order valence-electron chi connectivity index (χ1n) is 6.11. The van der Waals surface area contributed by atoms with Gasteiger partial charge >= 0.3 is 12.0 Å². The minimum Gasteiger partial charge on any atom is -0.479 e. The number of hydrogen-bond acceptors (Lipinski definition) is 6. The molecule has 0 spiro atoms. The molecule has 1 N–H and O–H groups in total. The summed E-state index contributed by atoms with van der Waals surface area (Å²) in [5, 5.41) is 9.89. The Morgan fingerprint density at radius 2 is 2.35 bits per heavy atom. The molecule has 1 unspecified atom stereocenters. The van der Waals surface area contributed by atoms with E-state index >= 15 is 0 Å². The SMILES string of the molecule is COCC1(C(=O)O)CCCN1c1nc(OC)ncc1Cl. The summed E-state index contributed by atoms with van der Waals surface area (Å²) in [5.41, 5.74) is -1.16. The second-order valence-corrected chi connectivity index (χ2v) is 4.96. The minimum absolute atomic E-state index is 0.0605. The number of hydrogen-bond donors (Lipinski definition) is 1. The predicted octanol–water partition coefficient (Wildman–Crippen LogP) is 1.21. The first kappa shape index (κ1) is 14.8. The summed E-state index contributed by atoms with van der Waals surface area (Å²) in [6.07, 6.45) is 2.59. The zero-order chi connectivity index (χ0) is 14.8. The van der Waals surface area contributed by atoms with Gasteiger partial charge in [0.15, 0.2) is 11.4 Å². The van der Waals surface area contributed by atoms with Crippen molar-refractivity contribution in [2.45, 2.75) is 18.4 Å². The molecule has 0 amide bonds. The second-order valence-electron chi connectivity index (χ2n) is 4.55. The van der Waals surface area contributed by atoms with Gasteiger partial charge in [-0.15, -0.1) is 0 Å². The lowest BCUT2D eigenvalue weighted by Crippen LogP contribution is -2.54. The number of aromatic nitrogens is 2. The molecule has 0 aromatic carbocycles. The van der Waals surface area contributed by atoms with E-state index in [4.69, 9.17) is 21.1 Å². The molecule has 20 heavy (non-hydrogen) atoms. The van der Waals surface area contributed by atoms with Crippen molar-refractivity contribution in [3.63, 3.8) is 0 Å². The van der Waals surface area contributed by atoms with Gasteiger partial charge in [0.25, 0.3) is 0 Å². The maximum atomic E-state index is 11.7. The lowest BCUT2D eigenvalue weighted by atomic mass is 9.97. The summed E-state index contributed by atoms with van der Waals surface area (Å²) >= 11 is 6.11. The number of nitrogens with zero attached hydrogens (tertiary/aromatic N) is 3. The van der Waals surface area contributed by atoms with E-state index in [2.05, 4.69) is 9.97 Å². The third kappa shape index (κ3) is 2.38. The smallest absolute Gasteiger partial charge is 0.332 e. The Hall–Kier alpha value is -1.60. The van der Waals surface area contributed by atoms with Crippen LogP contribution in [-0.2, 0) is 9.53 Å². The summed E-state index contributed by atoms with van der Waals surface area (Å²) in [4.78, 5) is 21.5. The highest BCUT2D eigenvalue weighted by molar-refractivity contribution is 6.32. The number of ether oxygens (including phenoxy) is 2. The molecule has 0 saturated carbocycles. The van der Waals surface area contributed by atoms with Gasteiger partial charge in [-0.2, -0.15) is 4.98 Å². The molecule has 8 heteroatoms. The molecule has 1 aliphatic rings. The van der Waals surface area contributed by atoms with Gasteiger partial charge in [-0.1, -0.05) is 11.6 Å². The van der Waals surface area contributed by atoms with E-state index in [1.165, 1.54) is 20.4 Å². The third-order valence-corrected chi connectivity index (χ3v) is 3.68. The van der Waals surface area contributed by atoms with Gasteiger partial charge in [0.2, 0.25) is 0 Å². The van der Waals surface area contributed by atoms with Gasteiger partial charge < -0.3 is 19.5 Å². The molecule has 1 aliphatic heterocycles. The van der Waals surface area contributed by atoms with Crippen LogP contribution in [0.5, 0.6) is 6.01 Å². The highest BCUT2D eigenvalue weighted by Gasteiger charge is 2.49. The summed E-state index contributed by atoms with van der Waals surface area (Å²) in [6.45, 7) is 0.598. The lowest BCUT2D eigenvalue weighted by molar-refractivity contribution is -0.145. The fourth-order valence-electron chi connectivity index (χ4n) is 2.49. The summed E-state index contributed by atoms with van der Waals surface area (Å²) in [5.74, 6) is -0.596. The van der Waals surface area contributed by atoms with Crippen molar-refractivity contribution in [2.24, 2.45) is 0 Å². The van der Waals surface area contributed by atoms with Crippen molar-refractivity contribution in [1.82, 2.24) is 9.97 Å². The van der Waals surface area contributed by atoms with Crippen LogP contribution in [0, 0.1) is 0 Å². The molecule has 1 aromatic rings. The van der Waals surface area contributed by atoms with E-state index in [1.54, 1.807) is 4.90 Å². The molecule has 1 saturated heterocycles.